The molecule has 116 valence electrons. The van der Waals surface area contributed by atoms with E-state index in [1.165, 1.54) is 6.20 Å². The van der Waals surface area contributed by atoms with Crippen LogP contribution in [0, 0.1) is 20.8 Å². The van der Waals surface area contributed by atoms with Crippen molar-refractivity contribution in [2.75, 3.05) is 4.72 Å². The SMILES string of the molecule is Cc1n[nH]c(C)c1S(=O)(=O)Nc1cnc2c(c1)c(C)nn2C. The van der Waals surface area contributed by atoms with Crippen LogP contribution in [0.4, 0.5) is 5.69 Å². The summed E-state index contributed by atoms with van der Waals surface area (Å²) in [6, 6.07) is 1.73. The van der Waals surface area contributed by atoms with E-state index in [-0.39, 0.29) is 4.90 Å². The van der Waals surface area contributed by atoms with Crippen LogP contribution in [0.25, 0.3) is 11.0 Å². The van der Waals surface area contributed by atoms with Crippen LogP contribution in [0.2, 0.25) is 0 Å². The highest BCUT2D eigenvalue weighted by Gasteiger charge is 2.22. The van der Waals surface area contributed by atoms with Gasteiger partial charge < -0.3 is 0 Å². The molecule has 0 aliphatic rings. The van der Waals surface area contributed by atoms with Crippen LogP contribution in [0.1, 0.15) is 17.1 Å². The minimum absolute atomic E-state index is 0.163. The minimum Gasteiger partial charge on any atom is -0.281 e. The van der Waals surface area contributed by atoms with Gasteiger partial charge in [-0.05, 0) is 26.8 Å². The Labute approximate surface area is 127 Å². The standard InChI is InChI=1S/C13H16N6O2S/c1-7-11-5-10(6-14-13(11)19(4)17-7)18-22(20,21)12-8(2)15-16-9(12)3/h5-6,18H,1-4H3,(H,15,16). The highest BCUT2D eigenvalue weighted by atomic mass is 32.2. The first-order valence-electron chi connectivity index (χ1n) is 6.63. The lowest BCUT2D eigenvalue weighted by Gasteiger charge is -2.08. The molecule has 3 aromatic heterocycles. The Morgan fingerprint density at radius 1 is 1.23 bits per heavy atom. The van der Waals surface area contributed by atoms with Crippen LogP contribution >= 0.6 is 0 Å². The van der Waals surface area contributed by atoms with Gasteiger partial charge in [0.15, 0.2) is 5.65 Å². The second-order valence-corrected chi connectivity index (χ2v) is 6.79. The van der Waals surface area contributed by atoms with Gasteiger partial charge in [0.05, 0.1) is 29.0 Å². The number of pyridine rings is 1. The summed E-state index contributed by atoms with van der Waals surface area (Å²) >= 11 is 0. The number of nitrogens with one attached hydrogen (secondary N) is 2. The van der Waals surface area contributed by atoms with Gasteiger partial charge >= 0.3 is 0 Å². The molecule has 0 aliphatic heterocycles. The molecule has 0 fully saturated rings. The Hall–Kier alpha value is -2.42. The molecule has 9 heteroatoms. The molecule has 22 heavy (non-hydrogen) atoms. The van der Waals surface area contributed by atoms with Crippen molar-refractivity contribution >= 4 is 26.7 Å². The molecule has 3 heterocycles. The quantitative estimate of drug-likeness (QED) is 0.759. The summed E-state index contributed by atoms with van der Waals surface area (Å²) < 4.78 is 29.2. The maximum atomic E-state index is 12.5. The number of hydrogen-bond donors (Lipinski definition) is 2. The zero-order valence-corrected chi connectivity index (χ0v) is 13.5. The largest absolute Gasteiger partial charge is 0.281 e. The molecule has 3 aromatic rings. The number of aromatic amines is 1. The summed E-state index contributed by atoms with van der Waals surface area (Å²) in [6.07, 6.45) is 1.48. The highest BCUT2D eigenvalue weighted by molar-refractivity contribution is 7.92. The first-order valence-corrected chi connectivity index (χ1v) is 8.11. The van der Waals surface area contributed by atoms with E-state index in [4.69, 9.17) is 0 Å². The third kappa shape index (κ3) is 2.23. The molecule has 0 bridgehead atoms. The number of rotatable bonds is 3. The zero-order valence-electron chi connectivity index (χ0n) is 12.7. The van der Waals surface area contributed by atoms with Gasteiger partial charge in [0.25, 0.3) is 10.0 Å². The molecule has 0 aromatic carbocycles. The Morgan fingerprint density at radius 3 is 2.59 bits per heavy atom. The summed E-state index contributed by atoms with van der Waals surface area (Å²) in [6.45, 7) is 5.17. The number of anilines is 1. The summed E-state index contributed by atoms with van der Waals surface area (Å²) in [7, 11) is -1.92. The fourth-order valence-corrected chi connectivity index (χ4v) is 3.91. The molecule has 8 nitrogen and oxygen atoms in total. The van der Waals surface area contributed by atoms with Crippen LogP contribution in [0.3, 0.4) is 0 Å². The Kier molecular flexibility index (Phi) is 3.17. The normalized spacial score (nSPS) is 12.0. The highest BCUT2D eigenvalue weighted by Crippen LogP contribution is 2.23. The summed E-state index contributed by atoms with van der Waals surface area (Å²) in [5.74, 6) is 0. The van der Waals surface area contributed by atoms with Crippen molar-refractivity contribution < 1.29 is 8.42 Å². The predicted molar refractivity (Wildman–Crippen MR) is 82.1 cm³/mol. The first-order chi connectivity index (χ1) is 10.3. The molecule has 0 unspecified atom stereocenters. The van der Waals surface area contributed by atoms with Crippen molar-refractivity contribution in [1.82, 2.24) is 25.0 Å². The molecule has 0 amide bonds. The lowest BCUT2D eigenvalue weighted by atomic mass is 10.3. The van der Waals surface area contributed by atoms with Crippen LogP contribution < -0.4 is 4.72 Å². The molecule has 0 radical (unpaired) electrons. The molecule has 2 N–H and O–H groups in total. The van der Waals surface area contributed by atoms with Crippen LogP contribution in [-0.4, -0.2) is 33.4 Å². The summed E-state index contributed by atoms with van der Waals surface area (Å²) in [5.41, 5.74) is 2.81. The van der Waals surface area contributed by atoms with E-state index in [1.807, 2.05) is 6.92 Å². The van der Waals surface area contributed by atoms with Gasteiger partial charge in [-0.2, -0.15) is 10.2 Å². The van der Waals surface area contributed by atoms with E-state index < -0.39 is 10.0 Å². The van der Waals surface area contributed by atoms with Crippen molar-refractivity contribution in [2.45, 2.75) is 25.7 Å². The van der Waals surface area contributed by atoms with E-state index in [0.29, 0.717) is 22.7 Å². The predicted octanol–water partition coefficient (Wildman–Crippen LogP) is 1.42. The van der Waals surface area contributed by atoms with Gasteiger partial charge in [0.1, 0.15) is 4.90 Å². The van der Waals surface area contributed by atoms with Gasteiger partial charge in [0, 0.05) is 12.4 Å². The lowest BCUT2D eigenvalue weighted by molar-refractivity contribution is 0.600. The van der Waals surface area contributed by atoms with E-state index in [9.17, 15) is 8.42 Å². The third-order valence-corrected chi connectivity index (χ3v) is 5.09. The van der Waals surface area contributed by atoms with Crippen LogP contribution in [0.5, 0.6) is 0 Å². The average Bonchev–Trinajstić information content (AvgIpc) is 2.90. The topological polar surface area (TPSA) is 106 Å². The van der Waals surface area contributed by atoms with Gasteiger partial charge in [-0.1, -0.05) is 0 Å². The Balaban J connectivity index is 2.04. The van der Waals surface area contributed by atoms with Gasteiger partial charge in [-0.15, -0.1) is 0 Å². The monoisotopic (exact) mass is 320 g/mol. The smallest absolute Gasteiger partial charge is 0.265 e. The van der Waals surface area contributed by atoms with Gasteiger partial charge in [-0.25, -0.2) is 13.4 Å². The molecule has 0 aliphatic carbocycles. The third-order valence-electron chi connectivity index (χ3n) is 3.44. The summed E-state index contributed by atoms with van der Waals surface area (Å²) in [5, 5.41) is 11.7. The number of aryl methyl sites for hydroxylation is 4. The number of nitrogens with zero attached hydrogens (tertiary/aromatic N) is 4. The van der Waals surface area contributed by atoms with E-state index in [2.05, 4.69) is 25.0 Å². The number of sulfonamides is 1. The van der Waals surface area contributed by atoms with E-state index >= 15 is 0 Å². The van der Waals surface area contributed by atoms with Gasteiger partial charge in [-0.3, -0.25) is 14.5 Å². The number of fused-ring (bicyclic) bond motifs is 1. The fourth-order valence-electron chi connectivity index (χ4n) is 2.51. The molecule has 3 rings (SSSR count). The Morgan fingerprint density at radius 2 is 1.95 bits per heavy atom. The van der Waals surface area contributed by atoms with E-state index in [1.54, 1.807) is 31.6 Å². The summed E-state index contributed by atoms with van der Waals surface area (Å²) in [4.78, 5) is 4.42. The lowest BCUT2D eigenvalue weighted by Crippen LogP contribution is -2.14. The maximum Gasteiger partial charge on any atom is 0.265 e. The second-order valence-electron chi connectivity index (χ2n) is 5.17. The number of hydrogen-bond acceptors (Lipinski definition) is 5. The van der Waals surface area contributed by atoms with E-state index in [0.717, 1.165) is 11.1 Å². The molecule has 0 atom stereocenters. The molecule has 0 saturated carbocycles. The minimum atomic E-state index is -3.72. The van der Waals surface area contributed by atoms with Crippen LogP contribution in [0.15, 0.2) is 17.2 Å². The average molecular weight is 320 g/mol. The van der Waals surface area contributed by atoms with Crippen molar-refractivity contribution in [2.24, 2.45) is 7.05 Å². The molecule has 0 spiro atoms. The van der Waals surface area contributed by atoms with Crippen molar-refractivity contribution in [1.29, 1.82) is 0 Å². The zero-order chi connectivity index (χ0) is 16.1. The Bertz CT molecular complexity index is 950. The fraction of sp³-hybridized carbons (Fsp3) is 0.308. The van der Waals surface area contributed by atoms with Crippen molar-refractivity contribution in [3.05, 3.63) is 29.3 Å². The number of aromatic nitrogens is 5. The van der Waals surface area contributed by atoms with Crippen molar-refractivity contribution in [3.8, 4) is 0 Å². The second kappa shape index (κ2) is 4.80. The number of H-pyrrole nitrogens is 1. The molecular weight excluding hydrogens is 304 g/mol. The maximum absolute atomic E-state index is 12.5. The molecular formula is C13H16N6O2S. The van der Waals surface area contributed by atoms with Crippen molar-refractivity contribution in [3.63, 3.8) is 0 Å². The first kappa shape index (κ1) is 14.5. The van der Waals surface area contributed by atoms with Crippen LogP contribution in [-0.2, 0) is 17.1 Å². The molecule has 0 saturated heterocycles. The van der Waals surface area contributed by atoms with Gasteiger partial charge in [0.2, 0.25) is 0 Å².